The Morgan fingerprint density at radius 2 is 1.87 bits per heavy atom. The zero-order valence-electron chi connectivity index (χ0n) is 14.5. The van der Waals surface area contributed by atoms with Gasteiger partial charge in [0, 0.05) is 0 Å². The van der Waals surface area contributed by atoms with Crippen molar-refractivity contribution in [3.8, 4) is 22.9 Å². The first-order valence-corrected chi connectivity index (χ1v) is 7.65. The highest BCUT2D eigenvalue weighted by molar-refractivity contribution is 5.76. The van der Waals surface area contributed by atoms with E-state index in [-0.39, 0.29) is 17.4 Å². The predicted octanol–water partition coefficient (Wildman–Crippen LogP) is 3.06. The molecule has 16 heteroatoms. The maximum Gasteiger partial charge on any atom is 0.490 e. The molecule has 0 saturated carbocycles. The molecule has 0 aliphatic rings. The van der Waals surface area contributed by atoms with E-state index < -0.39 is 24.1 Å². The van der Waals surface area contributed by atoms with Crippen LogP contribution >= 0.6 is 0 Å². The molecule has 4 heterocycles. The molecule has 0 amide bonds. The van der Waals surface area contributed by atoms with Gasteiger partial charge < -0.3 is 14.5 Å². The smallest absolute Gasteiger partial charge is 0.475 e. The number of aromatic nitrogens is 7. The molecule has 0 bridgehead atoms. The van der Waals surface area contributed by atoms with Gasteiger partial charge in [-0.2, -0.15) is 36.4 Å². The van der Waals surface area contributed by atoms with Gasteiger partial charge in [-0.05, 0) is 6.92 Å². The summed E-state index contributed by atoms with van der Waals surface area (Å²) >= 11 is 0. The largest absolute Gasteiger partial charge is 0.490 e. The van der Waals surface area contributed by atoms with Gasteiger partial charge in [-0.3, -0.25) is 9.50 Å². The number of H-pyrrole nitrogens is 2. The molecule has 4 rings (SSSR count). The number of rotatable bonds is 2. The third-order valence-corrected chi connectivity index (χ3v) is 3.40. The Morgan fingerprint density at radius 1 is 1.20 bits per heavy atom. The first-order chi connectivity index (χ1) is 13.9. The van der Waals surface area contributed by atoms with Gasteiger partial charge in [0.2, 0.25) is 11.6 Å². The van der Waals surface area contributed by atoms with Crippen molar-refractivity contribution >= 4 is 11.8 Å². The molecule has 0 atom stereocenters. The Morgan fingerprint density at radius 3 is 2.37 bits per heavy atom. The zero-order valence-corrected chi connectivity index (χ0v) is 14.5. The van der Waals surface area contributed by atoms with E-state index in [2.05, 4.69) is 25.0 Å². The second kappa shape index (κ2) is 7.20. The predicted molar refractivity (Wildman–Crippen MR) is 83.8 cm³/mol. The second-order valence-corrected chi connectivity index (χ2v) is 5.58. The van der Waals surface area contributed by atoms with Gasteiger partial charge >= 0.3 is 24.2 Å². The standard InChI is InChI=1S/C12H8F3N7O.C2HF3O2/c1-5-3-22-8(6-2-16-4-17-6)7(18-11(22)23-5)9-19-10(21-20-9)12(13,14)15;3-2(4,5)1(6)7/h2-4H,1H3,(H,16,17)(H,19,20,21);(H,6,7). The number of oxazole rings is 1. The number of alkyl halides is 6. The fourth-order valence-corrected chi connectivity index (χ4v) is 2.25. The van der Waals surface area contributed by atoms with Crippen LogP contribution in [0.25, 0.3) is 28.8 Å². The Balaban J connectivity index is 0.000000318. The van der Waals surface area contributed by atoms with Crippen LogP contribution in [0.15, 0.2) is 23.1 Å². The van der Waals surface area contributed by atoms with Crippen molar-refractivity contribution in [1.29, 1.82) is 0 Å². The highest BCUT2D eigenvalue weighted by atomic mass is 19.4. The SMILES string of the molecule is Cc1cn2c(-c3cnc[nH]3)c(-c3n[nH]c(C(F)(F)F)n3)nc2o1.O=C(O)C(F)(F)F. The van der Waals surface area contributed by atoms with Crippen LogP contribution in [-0.2, 0) is 11.0 Å². The number of nitrogens with one attached hydrogen (secondary N) is 2. The highest BCUT2D eigenvalue weighted by Crippen LogP contribution is 2.33. The summed E-state index contributed by atoms with van der Waals surface area (Å²) in [5, 5.41) is 12.6. The van der Waals surface area contributed by atoms with Crippen LogP contribution in [-0.4, -0.2) is 51.8 Å². The Kier molecular flexibility index (Phi) is 5.01. The number of aromatic amines is 2. The number of nitrogens with zero attached hydrogens (tertiary/aromatic N) is 5. The van der Waals surface area contributed by atoms with Gasteiger partial charge in [-0.1, -0.05) is 0 Å². The van der Waals surface area contributed by atoms with Crippen LogP contribution in [0.1, 0.15) is 11.6 Å². The molecule has 0 aromatic carbocycles. The van der Waals surface area contributed by atoms with E-state index in [1.807, 2.05) is 5.10 Å². The number of hydrogen-bond acceptors (Lipinski definition) is 6. The van der Waals surface area contributed by atoms with E-state index in [0.717, 1.165) is 0 Å². The van der Waals surface area contributed by atoms with Crippen molar-refractivity contribution in [2.75, 3.05) is 0 Å². The first kappa shape index (κ1) is 20.9. The molecule has 4 aromatic heterocycles. The molecule has 0 fully saturated rings. The van der Waals surface area contributed by atoms with Crippen molar-refractivity contribution in [2.45, 2.75) is 19.3 Å². The number of halogens is 6. The summed E-state index contributed by atoms with van der Waals surface area (Å²) in [6.07, 6.45) is -5.06. The third kappa shape index (κ3) is 4.11. The van der Waals surface area contributed by atoms with Crippen LogP contribution in [0.4, 0.5) is 26.3 Å². The number of fused-ring (bicyclic) bond motifs is 1. The normalized spacial score (nSPS) is 12.1. The van der Waals surface area contributed by atoms with Gasteiger partial charge in [-0.25, -0.2) is 14.8 Å². The second-order valence-electron chi connectivity index (χ2n) is 5.58. The van der Waals surface area contributed by atoms with E-state index in [0.29, 0.717) is 17.1 Å². The summed E-state index contributed by atoms with van der Waals surface area (Å²) in [4.78, 5) is 23.4. The number of carboxylic acid groups (broad SMARTS) is 1. The minimum Gasteiger partial charge on any atom is -0.475 e. The Hall–Kier alpha value is -3.85. The molecule has 0 aliphatic carbocycles. The average molecular weight is 437 g/mol. The number of hydrogen-bond donors (Lipinski definition) is 3. The van der Waals surface area contributed by atoms with E-state index in [9.17, 15) is 26.3 Å². The number of carbonyl (C=O) groups is 1. The zero-order chi connectivity index (χ0) is 22.3. The van der Waals surface area contributed by atoms with Crippen molar-refractivity contribution in [3.05, 3.63) is 30.3 Å². The molecule has 0 aliphatic heterocycles. The summed E-state index contributed by atoms with van der Waals surface area (Å²) < 4.78 is 76.8. The summed E-state index contributed by atoms with van der Waals surface area (Å²) in [6.45, 7) is 1.74. The lowest BCUT2D eigenvalue weighted by Crippen LogP contribution is -2.21. The lowest BCUT2D eigenvalue weighted by molar-refractivity contribution is -0.192. The molecule has 30 heavy (non-hydrogen) atoms. The fraction of sp³-hybridized carbons (Fsp3) is 0.214. The summed E-state index contributed by atoms with van der Waals surface area (Å²) in [6, 6.07) is 0. The van der Waals surface area contributed by atoms with E-state index in [4.69, 9.17) is 14.3 Å². The molecule has 0 radical (unpaired) electrons. The molecule has 10 nitrogen and oxygen atoms in total. The van der Waals surface area contributed by atoms with E-state index in [1.165, 1.54) is 12.5 Å². The maximum atomic E-state index is 12.7. The van der Waals surface area contributed by atoms with Crippen molar-refractivity contribution in [2.24, 2.45) is 0 Å². The third-order valence-electron chi connectivity index (χ3n) is 3.40. The fourth-order valence-electron chi connectivity index (χ4n) is 2.25. The molecular weight excluding hydrogens is 428 g/mol. The number of aliphatic carboxylic acids is 1. The van der Waals surface area contributed by atoms with Crippen molar-refractivity contribution < 1.29 is 40.7 Å². The lowest BCUT2D eigenvalue weighted by atomic mass is 10.2. The average Bonchev–Trinajstić information content (AvgIpc) is 3.36. The van der Waals surface area contributed by atoms with Crippen LogP contribution in [0.5, 0.6) is 0 Å². The Labute approximate surface area is 160 Å². The van der Waals surface area contributed by atoms with Gasteiger partial charge in [-0.15, -0.1) is 0 Å². The van der Waals surface area contributed by atoms with Gasteiger partial charge in [0.25, 0.3) is 0 Å². The van der Waals surface area contributed by atoms with Gasteiger partial charge in [0.1, 0.15) is 17.1 Å². The molecule has 0 spiro atoms. The van der Waals surface area contributed by atoms with E-state index >= 15 is 0 Å². The maximum absolute atomic E-state index is 12.7. The molecule has 160 valence electrons. The van der Waals surface area contributed by atoms with E-state index in [1.54, 1.807) is 17.5 Å². The topological polar surface area (TPSA) is 138 Å². The van der Waals surface area contributed by atoms with Crippen LogP contribution in [0, 0.1) is 6.92 Å². The van der Waals surface area contributed by atoms with Crippen LogP contribution in [0.2, 0.25) is 0 Å². The lowest BCUT2D eigenvalue weighted by Gasteiger charge is -1.99. The number of carboxylic acids is 1. The van der Waals surface area contributed by atoms with Gasteiger partial charge in [0.05, 0.1) is 24.4 Å². The summed E-state index contributed by atoms with van der Waals surface area (Å²) in [5.74, 6) is -3.30. The number of aryl methyl sites for hydroxylation is 1. The van der Waals surface area contributed by atoms with Crippen molar-refractivity contribution in [1.82, 2.24) is 34.5 Å². The van der Waals surface area contributed by atoms with Crippen LogP contribution in [0.3, 0.4) is 0 Å². The summed E-state index contributed by atoms with van der Waals surface area (Å²) in [5.41, 5.74) is 1.16. The van der Waals surface area contributed by atoms with Gasteiger partial charge in [0.15, 0.2) is 0 Å². The monoisotopic (exact) mass is 437 g/mol. The first-order valence-electron chi connectivity index (χ1n) is 7.65. The molecule has 3 N–H and O–H groups in total. The molecule has 0 unspecified atom stereocenters. The molecule has 4 aromatic rings. The quantitative estimate of drug-likeness (QED) is 0.410. The van der Waals surface area contributed by atoms with Crippen molar-refractivity contribution in [3.63, 3.8) is 0 Å². The highest BCUT2D eigenvalue weighted by Gasteiger charge is 2.38. The Bertz CT molecular complexity index is 1170. The summed E-state index contributed by atoms with van der Waals surface area (Å²) in [7, 11) is 0. The minimum atomic E-state index is -5.08. The molecular formula is C14H9F6N7O3. The molecule has 0 saturated heterocycles. The van der Waals surface area contributed by atoms with Crippen LogP contribution < -0.4 is 0 Å². The number of imidazole rings is 2. The minimum absolute atomic E-state index is 0.153.